The van der Waals surface area contributed by atoms with Gasteiger partial charge in [0.2, 0.25) is 11.9 Å². The summed E-state index contributed by atoms with van der Waals surface area (Å²) in [7, 11) is 0. The number of anilines is 1. The number of benzene rings is 2. The maximum Gasteiger partial charge on any atom is 0.254 e. The first-order valence-corrected chi connectivity index (χ1v) is 12.6. The topological polar surface area (TPSA) is 96.5 Å². The van der Waals surface area contributed by atoms with Crippen molar-refractivity contribution >= 4 is 29.4 Å². The molecule has 37 heavy (non-hydrogen) atoms. The second kappa shape index (κ2) is 10.8. The van der Waals surface area contributed by atoms with Crippen LogP contribution in [0.2, 0.25) is 5.02 Å². The van der Waals surface area contributed by atoms with Gasteiger partial charge in [-0.15, -0.1) is 0 Å². The van der Waals surface area contributed by atoms with E-state index in [1.165, 1.54) is 11.0 Å². The quantitative estimate of drug-likeness (QED) is 0.477. The van der Waals surface area contributed by atoms with Crippen LogP contribution < -0.4 is 10.6 Å². The van der Waals surface area contributed by atoms with Crippen molar-refractivity contribution in [1.82, 2.24) is 20.2 Å². The molecule has 192 valence electrons. The van der Waals surface area contributed by atoms with Crippen molar-refractivity contribution in [3.05, 3.63) is 76.2 Å². The summed E-state index contributed by atoms with van der Waals surface area (Å²) in [6, 6.07) is 11.5. The van der Waals surface area contributed by atoms with Gasteiger partial charge in [-0.25, -0.2) is 14.4 Å². The average Bonchev–Trinajstić information content (AvgIpc) is 3.20. The van der Waals surface area contributed by atoms with E-state index in [1.54, 1.807) is 37.4 Å². The Bertz CT molecular complexity index is 1330. The smallest absolute Gasteiger partial charge is 0.254 e. The monoisotopic (exact) mass is 523 g/mol. The van der Waals surface area contributed by atoms with Crippen molar-refractivity contribution in [1.29, 1.82) is 0 Å². The molecule has 8 nitrogen and oxygen atoms in total. The number of hydrogen-bond donors (Lipinski definition) is 2. The molecule has 1 aromatic heterocycles. The molecule has 2 N–H and O–H groups in total. The summed E-state index contributed by atoms with van der Waals surface area (Å²) in [5, 5.41) is 6.48. The standard InChI is InChI=1S/C27H27ClFN5O3/c1-16(20-4-2-3-5-23(20)29)31-24(35)15-34-14-18-7-6-17(12-21(18)26(34)36)25-22(28)13-30-27(33-25)32-19-8-10-37-11-9-19/h2-7,12-13,16,19H,8-11,14-15H2,1H3,(H,31,35)(H,30,32,33). The molecule has 0 bridgehead atoms. The largest absolute Gasteiger partial charge is 0.381 e. The minimum Gasteiger partial charge on any atom is -0.381 e. The molecule has 0 spiro atoms. The normalized spacial score (nSPS) is 16.4. The van der Waals surface area contributed by atoms with Crippen molar-refractivity contribution < 1.29 is 18.7 Å². The Morgan fingerprint density at radius 1 is 1.24 bits per heavy atom. The van der Waals surface area contributed by atoms with Gasteiger partial charge in [-0.3, -0.25) is 9.59 Å². The highest BCUT2D eigenvalue weighted by atomic mass is 35.5. The Labute approximate surface area is 219 Å². The van der Waals surface area contributed by atoms with Gasteiger partial charge in [0.05, 0.1) is 23.0 Å². The van der Waals surface area contributed by atoms with Crippen LogP contribution in [0.4, 0.5) is 10.3 Å². The summed E-state index contributed by atoms with van der Waals surface area (Å²) in [6.07, 6.45) is 3.29. The van der Waals surface area contributed by atoms with Gasteiger partial charge in [0.1, 0.15) is 12.4 Å². The molecule has 2 amide bonds. The lowest BCUT2D eigenvalue weighted by molar-refractivity contribution is -0.122. The Morgan fingerprint density at radius 3 is 2.81 bits per heavy atom. The van der Waals surface area contributed by atoms with Crippen LogP contribution >= 0.6 is 11.6 Å². The van der Waals surface area contributed by atoms with Crippen molar-refractivity contribution in [3.63, 3.8) is 0 Å². The minimum absolute atomic E-state index is 0.130. The third-order valence-electron chi connectivity index (χ3n) is 6.64. The van der Waals surface area contributed by atoms with Gasteiger partial charge in [0.15, 0.2) is 0 Å². The first-order valence-electron chi connectivity index (χ1n) is 12.2. The van der Waals surface area contributed by atoms with E-state index in [1.807, 2.05) is 12.1 Å². The molecule has 1 atom stereocenters. The van der Waals surface area contributed by atoms with Crippen molar-refractivity contribution in [2.45, 2.75) is 38.4 Å². The van der Waals surface area contributed by atoms with Crippen LogP contribution in [-0.4, -0.2) is 52.5 Å². The van der Waals surface area contributed by atoms with Gasteiger partial charge in [0.25, 0.3) is 5.91 Å². The van der Waals surface area contributed by atoms with E-state index in [4.69, 9.17) is 16.3 Å². The number of aromatic nitrogens is 2. The number of amides is 2. The molecule has 5 rings (SSSR count). The maximum absolute atomic E-state index is 14.0. The lowest BCUT2D eigenvalue weighted by Gasteiger charge is -2.23. The molecule has 0 aliphatic carbocycles. The summed E-state index contributed by atoms with van der Waals surface area (Å²) in [6.45, 7) is 3.28. The summed E-state index contributed by atoms with van der Waals surface area (Å²) < 4.78 is 19.4. The zero-order chi connectivity index (χ0) is 25.9. The highest BCUT2D eigenvalue weighted by Gasteiger charge is 2.30. The molecular weight excluding hydrogens is 497 g/mol. The predicted molar refractivity (Wildman–Crippen MR) is 138 cm³/mol. The van der Waals surface area contributed by atoms with Gasteiger partial charge in [-0.2, -0.15) is 0 Å². The zero-order valence-electron chi connectivity index (χ0n) is 20.3. The highest BCUT2D eigenvalue weighted by Crippen LogP contribution is 2.31. The van der Waals surface area contributed by atoms with Crippen LogP contribution in [0.5, 0.6) is 0 Å². The fraction of sp³-hybridized carbons (Fsp3) is 0.333. The van der Waals surface area contributed by atoms with Gasteiger partial charge in [0, 0.05) is 42.5 Å². The molecule has 2 aliphatic heterocycles. The van der Waals surface area contributed by atoms with Crippen LogP contribution in [-0.2, 0) is 16.1 Å². The molecule has 0 radical (unpaired) electrons. The molecule has 3 heterocycles. The summed E-state index contributed by atoms with van der Waals surface area (Å²) >= 11 is 6.42. The minimum atomic E-state index is -0.524. The molecule has 2 aromatic carbocycles. The molecule has 10 heteroatoms. The SMILES string of the molecule is CC(NC(=O)CN1Cc2ccc(-c3nc(NC4CCOCC4)ncc3Cl)cc2C1=O)c1ccccc1F. The summed E-state index contributed by atoms with van der Waals surface area (Å²) in [5.74, 6) is -0.529. The Balaban J connectivity index is 1.27. The third-order valence-corrected chi connectivity index (χ3v) is 6.92. The van der Waals surface area contributed by atoms with E-state index >= 15 is 0 Å². The number of hydrogen-bond acceptors (Lipinski definition) is 6. The predicted octanol–water partition coefficient (Wildman–Crippen LogP) is 4.36. The number of halogens is 2. The van der Waals surface area contributed by atoms with Crippen LogP contribution in [0.25, 0.3) is 11.3 Å². The number of rotatable bonds is 7. The molecule has 1 fully saturated rings. The molecule has 3 aromatic rings. The number of carbonyl (C=O) groups is 2. The van der Waals surface area contributed by atoms with E-state index in [2.05, 4.69) is 20.6 Å². The van der Waals surface area contributed by atoms with Crippen molar-refractivity contribution in [2.75, 3.05) is 25.1 Å². The van der Waals surface area contributed by atoms with Crippen LogP contribution in [0, 0.1) is 5.82 Å². The van der Waals surface area contributed by atoms with E-state index < -0.39 is 6.04 Å². The average molecular weight is 524 g/mol. The Kier molecular flexibility index (Phi) is 7.34. The van der Waals surface area contributed by atoms with Crippen LogP contribution in [0.15, 0.2) is 48.7 Å². The molecule has 0 saturated carbocycles. The van der Waals surface area contributed by atoms with Crippen molar-refractivity contribution in [3.8, 4) is 11.3 Å². The highest BCUT2D eigenvalue weighted by molar-refractivity contribution is 6.33. The molecule has 1 saturated heterocycles. The Morgan fingerprint density at radius 2 is 2.03 bits per heavy atom. The first kappa shape index (κ1) is 25.1. The molecule has 1 unspecified atom stereocenters. The molecular formula is C27H27ClFN5O3. The Hall–Kier alpha value is -3.56. The van der Waals surface area contributed by atoms with E-state index in [9.17, 15) is 14.0 Å². The van der Waals surface area contributed by atoms with Crippen LogP contribution in [0.3, 0.4) is 0 Å². The molecule has 2 aliphatic rings. The second-order valence-corrected chi connectivity index (χ2v) is 9.67. The van der Waals surface area contributed by atoms with Gasteiger partial charge >= 0.3 is 0 Å². The first-order chi connectivity index (χ1) is 17.9. The van der Waals surface area contributed by atoms with Crippen LogP contribution in [0.1, 0.15) is 47.3 Å². The fourth-order valence-electron chi connectivity index (χ4n) is 4.66. The van der Waals surface area contributed by atoms with E-state index in [0.717, 1.165) is 18.4 Å². The lowest BCUT2D eigenvalue weighted by Crippen LogP contribution is -2.38. The lowest BCUT2D eigenvalue weighted by atomic mass is 10.0. The number of nitrogens with one attached hydrogen (secondary N) is 2. The number of ether oxygens (including phenoxy) is 1. The van der Waals surface area contributed by atoms with E-state index in [0.29, 0.717) is 53.1 Å². The number of carbonyl (C=O) groups excluding carboxylic acids is 2. The summed E-state index contributed by atoms with van der Waals surface area (Å²) in [5.41, 5.74) is 2.92. The maximum atomic E-state index is 14.0. The van der Waals surface area contributed by atoms with Crippen molar-refractivity contribution in [2.24, 2.45) is 0 Å². The third kappa shape index (κ3) is 5.57. The zero-order valence-corrected chi connectivity index (χ0v) is 21.1. The van der Waals surface area contributed by atoms with Gasteiger partial charge in [-0.05, 0) is 37.5 Å². The second-order valence-electron chi connectivity index (χ2n) is 9.26. The summed E-state index contributed by atoms with van der Waals surface area (Å²) in [4.78, 5) is 36.2. The van der Waals surface area contributed by atoms with Gasteiger partial charge < -0.3 is 20.3 Å². The fourth-order valence-corrected chi connectivity index (χ4v) is 4.86. The van der Waals surface area contributed by atoms with E-state index in [-0.39, 0.29) is 30.2 Å². The number of nitrogens with zero attached hydrogens (tertiary/aromatic N) is 3. The van der Waals surface area contributed by atoms with Gasteiger partial charge in [-0.1, -0.05) is 41.9 Å². The number of fused-ring (bicyclic) bond motifs is 1.